The van der Waals surface area contributed by atoms with Crippen molar-refractivity contribution in [3.05, 3.63) is 23.8 Å². The number of benzene rings is 1. The maximum Gasteiger partial charge on any atom is 0.227 e. The van der Waals surface area contributed by atoms with E-state index in [0.717, 1.165) is 5.56 Å². The van der Waals surface area contributed by atoms with Crippen LogP contribution in [-0.4, -0.2) is 32.5 Å². The van der Waals surface area contributed by atoms with Gasteiger partial charge in [0.15, 0.2) is 0 Å². The van der Waals surface area contributed by atoms with E-state index in [0.29, 0.717) is 11.4 Å². The first kappa shape index (κ1) is 16.4. The first-order chi connectivity index (χ1) is 10.2. The van der Waals surface area contributed by atoms with Crippen molar-refractivity contribution in [1.29, 1.82) is 0 Å². The van der Waals surface area contributed by atoms with Gasteiger partial charge in [0.2, 0.25) is 21.8 Å². The van der Waals surface area contributed by atoms with E-state index in [1.54, 1.807) is 12.1 Å². The summed E-state index contributed by atoms with van der Waals surface area (Å²) in [6.07, 6.45) is 0.129. The molecule has 1 fully saturated rings. The molecule has 7 nitrogen and oxygen atoms in total. The molecule has 1 aromatic rings. The largest absolute Gasteiger partial charge is 0.325 e. The summed E-state index contributed by atoms with van der Waals surface area (Å²) in [4.78, 5) is 25.0. The number of rotatable bonds is 4. The van der Waals surface area contributed by atoms with Crippen LogP contribution < -0.4 is 15.4 Å². The van der Waals surface area contributed by atoms with E-state index < -0.39 is 10.0 Å². The molecule has 3 N–H and O–H groups in total. The van der Waals surface area contributed by atoms with E-state index in [-0.39, 0.29) is 36.5 Å². The first-order valence-corrected chi connectivity index (χ1v) is 8.56. The molecule has 0 radical (unpaired) electrons. The standard InChI is InChI=1S/C14H19N3O4S/c1-9-3-4-12(16-10(2)18)13(5-9)17-7-11(6-14(17)19)8-22(15,20)21/h3-5,11H,6-8H2,1-2H3,(H,16,18)(H2,15,20,21). The van der Waals surface area contributed by atoms with Crippen LogP contribution in [0.25, 0.3) is 0 Å². The summed E-state index contributed by atoms with van der Waals surface area (Å²) >= 11 is 0. The van der Waals surface area contributed by atoms with Crippen LogP contribution in [0.5, 0.6) is 0 Å². The van der Waals surface area contributed by atoms with E-state index >= 15 is 0 Å². The second-order valence-corrected chi connectivity index (χ2v) is 7.26. The van der Waals surface area contributed by atoms with Crippen LogP contribution in [0.2, 0.25) is 0 Å². The van der Waals surface area contributed by atoms with Gasteiger partial charge in [0.25, 0.3) is 0 Å². The van der Waals surface area contributed by atoms with Gasteiger partial charge in [0.05, 0.1) is 17.1 Å². The predicted molar refractivity (Wildman–Crippen MR) is 83.9 cm³/mol. The Morgan fingerprint density at radius 3 is 2.73 bits per heavy atom. The van der Waals surface area contributed by atoms with Gasteiger partial charge >= 0.3 is 0 Å². The van der Waals surface area contributed by atoms with Crippen LogP contribution in [-0.2, 0) is 19.6 Å². The number of sulfonamides is 1. The molecule has 1 saturated heterocycles. The number of nitrogens with one attached hydrogen (secondary N) is 1. The minimum absolute atomic E-state index is 0.129. The van der Waals surface area contributed by atoms with Gasteiger partial charge in [0, 0.05) is 25.8 Å². The topological polar surface area (TPSA) is 110 Å². The van der Waals surface area contributed by atoms with Gasteiger partial charge in [-0.3, -0.25) is 9.59 Å². The molecule has 22 heavy (non-hydrogen) atoms. The highest BCUT2D eigenvalue weighted by molar-refractivity contribution is 7.89. The minimum atomic E-state index is -3.62. The van der Waals surface area contributed by atoms with Crippen molar-refractivity contribution >= 4 is 33.2 Å². The number of aryl methyl sites for hydroxylation is 1. The molecular formula is C14H19N3O4S. The SMILES string of the molecule is CC(=O)Nc1ccc(C)cc1N1CC(CS(N)(=O)=O)CC1=O. The number of hydrogen-bond donors (Lipinski definition) is 2. The average molecular weight is 325 g/mol. The minimum Gasteiger partial charge on any atom is -0.325 e. The summed E-state index contributed by atoms with van der Waals surface area (Å²) in [5.74, 6) is -0.979. The number of nitrogens with zero attached hydrogens (tertiary/aromatic N) is 1. The van der Waals surface area contributed by atoms with Crippen molar-refractivity contribution in [3.63, 3.8) is 0 Å². The Labute approximate surface area is 129 Å². The van der Waals surface area contributed by atoms with E-state index in [1.165, 1.54) is 11.8 Å². The quantitative estimate of drug-likeness (QED) is 0.844. The molecular weight excluding hydrogens is 306 g/mol. The number of amides is 2. The third-order valence-corrected chi connectivity index (χ3v) is 4.36. The van der Waals surface area contributed by atoms with E-state index in [4.69, 9.17) is 5.14 Å². The Hall–Kier alpha value is -1.93. The Bertz CT molecular complexity index is 715. The van der Waals surface area contributed by atoms with Crippen LogP contribution in [0.15, 0.2) is 18.2 Å². The van der Waals surface area contributed by atoms with Crippen molar-refractivity contribution in [3.8, 4) is 0 Å². The Balaban J connectivity index is 2.29. The molecule has 0 bridgehead atoms. The van der Waals surface area contributed by atoms with Crippen molar-refractivity contribution in [2.45, 2.75) is 20.3 Å². The maximum absolute atomic E-state index is 12.2. The number of carbonyl (C=O) groups excluding carboxylic acids is 2. The second-order valence-electron chi connectivity index (χ2n) is 5.61. The van der Waals surface area contributed by atoms with Crippen LogP contribution in [0.3, 0.4) is 0 Å². The number of anilines is 2. The summed E-state index contributed by atoms with van der Waals surface area (Å²) in [7, 11) is -3.62. The lowest BCUT2D eigenvalue weighted by atomic mass is 10.1. The number of hydrogen-bond acceptors (Lipinski definition) is 4. The number of primary sulfonamides is 1. The lowest BCUT2D eigenvalue weighted by molar-refractivity contribution is -0.117. The third-order valence-electron chi connectivity index (χ3n) is 3.43. The molecule has 2 rings (SSSR count). The monoisotopic (exact) mass is 325 g/mol. The molecule has 1 aliphatic heterocycles. The van der Waals surface area contributed by atoms with Crippen molar-refractivity contribution in [2.75, 3.05) is 22.5 Å². The van der Waals surface area contributed by atoms with Gasteiger partial charge < -0.3 is 10.2 Å². The van der Waals surface area contributed by atoms with Gasteiger partial charge in [-0.1, -0.05) is 6.07 Å². The lowest BCUT2D eigenvalue weighted by Gasteiger charge is -2.21. The van der Waals surface area contributed by atoms with Crippen molar-refractivity contribution < 1.29 is 18.0 Å². The molecule has 8 heteroatoms. The molecule has 0 aromatic heterocycles. The molecule has 0 spiro atoms. The highest BCUT2D eigenvalue weighted by Crippen LogP contribution is 2.32. The zero-order valence-corrected chi connectivity index (χ0v) is 13.3. The fourth-order valence-corrected chi connectivity index (χ4v) is 3.50. The summed E-state index contributed by atoms with van der Waals surface area (Å²) in [6.45, 7) is 3.54. The molecule has 1 heterocycles. The molecule has 0 saturated carbocycles. The predicted octanol–water partition coefficient (Wildman–Crippen LogP) is 0.595. The zero-order chi connectivity index (χ0) is 16.5. The maximum atomic E-state index is 12.2. The van der Waals surface area contributed by atoms with Crippen LogP contribution in [0.4, 0.5) is 11.4 Å². The first-order valence-electron chi connectivity index (χ1n) is 6.85. The van der Waals surface area contributed by atoms with Crippen LogP contribution in [0.1, 0.15) is 18.9 Å². The molecule has 1 aliphatic rings. The van der Waals surface area contributed by atoms with Crippen LogP contribution in [0, 0.1) is 12.8 Å². The smallest absolute Gasteiger partial charge is 0.227 e. The number of carbonyl (C=O) groups is 2. The highest BCUT2D eigenvalue weighted by atomic mass is 32.2. The van der Waals surface area contributed by atoms with Gasteiger partial charge in [-0.25, -0.2) is 13.6 Å². The molecule has 0 aliphatic carbocycles. The van der Waals surface area contributed by atoms with Gasteiger partial charge in [0.1, 0.15) is 0 Å². The zero-order valence-electron chi connectivity index (χ0n) is 12.5. The fourth-order valence-electron chi connectivity index (χ4n) is 2.61. The van der Waals surface area contributed by atoms with Gasteiger partial charge in [-0.05, 0) is 24.6 Å². The second kappa shape index (κ2) is 6.05. The lowest BCUT2D eigenvalue weighted by Crippen LogP contribution is -2.28. The molecule has 1 aromatic carbocycles. The van der Waals surface area contributed by atoms with Gasteiger partial charge in [-0.2, -0.15) is 0 Å². The Morgan fingerprint density at radius 2 is 2.14 bits per heavy atom. The highest BCUT2D eigenvalue weighted by Gasteiger charge is 2.34. The number of nitrogens with two attached hydrogens (primary N) is 1. The van der Waals surface area contributed by atoms with E-state index in [1.807, 2.05) is 13.0 Å². The summed E-state index contributed by atoms with van der Waals surface area (Å²) in [6, 6.07) is 5.35. The average Bonchev–Trinajstić information content (AvgIpc) is 2.69. The third kappa shape index (κ3) is 4.05. The fraction of sp³-hybridized carbons (Fsp3) is 0.429. The van der Waals surface area contributed by atoms with E-state index in [9.17, 15) is 18.0 Å². The van der Waals surface area contributed by atoms with Crippen molar-refractivity contribution in [1.82, 2.24) is 0 Å². The summed E-state index contributed by atoms with van der Waals surface area (Å²) < 4.78 is 22.4. The summed E-state index contributed by atoms with van der Waals surface area (Å²) in [5, 5.41) is 7.74. The Kier molecular flexibility index (Phi) is 4.52. The molecule has 1 unspecified atom stereocenters. The molecule has 120 valence electrons. The molecule has 1 atom stereocenters. The normalized spacial score (nSPS) is 18.6. The molecule has 2 amide bonds. The Morgan fingerprint density at radius 1 is 1.45 bits per heavy atom. The van der Waals surface area contributed by atoms with Crippen molar-refractivity contribution in [2.24, 2.45) is 11.1 Å². The van der Waals surface area contributed by atoms with E-state index in [2.05, 4.69) is 5.32 Å². The van der Waals surface area contributed by atoms with Crippen LogP contribution >= 0.6 is 0 Å². The summed E-state index contributed by atoms with van der Waals surface area (Å²) in [5.41, 5.74) is 2.05. The van der Waals surface area contributed by atoms with Gasteiger partial charge in [-0.15, -0.1) is 0 Å².